The van der Waals surface area contributed by atoms with Crippen molar-refractivity contribution in [1.82, 2.24) is 9.78 Å². The molecule has 0 aliphatic rings. The average Bonchev–Trinajstić information content (AvgIpc) is 2.53. The Bertz CT molecular complexity index is 856. The van der Waals surface area contributed by atoms with Crippen molar-refractivity contribution in [2.75, 3.05) is 0 Å². The molecule has 0 N–H and O–H groups in total. The lowest BCUT2D eigenvalue weighted by atomic mass is 10.0. The monoisotopic (exact) mass is 323 g/mol. The van der Waals surface area contributed by atoms with Crippen molar-refractivity contribution in [2.45, 2.75) is 40.7 Å². The largest absolute Gasteiger partial charge is 0.292 e. The van der Waals surface area contributed by atoms with Gasteiger partial charge >= 0.3 is 0 Å². The maximum Gasteiger partial charge on any atom is 0.285 e. The van der Waals surface area contributed by atoms with Crippen LogP contribution in [0.25, 0.3) is 0 Å². The van der Waals surface area contributed by atoms with Gasteiger partial charge in [-0.25, -0.2) is 4.68 Å². The number of aryl methyl sites for hydroxylation is 1. The van der Waals surface area contributed by atoms with Crippen molar-refractivity contribution in [3.05, 3.63) is 62.6 Å². The standard InChI is InChI=1S/C19H21N3O2/c1-12(2)9-15-5-7-16(8-6-15)18(23)11-22-19(24)17(10-20)13(3)14(4)21-22/h5-8,12H,9,11H2,1-4H3. The van der Waals surface area contributed by atoms with E-state index in [-0.39, 0.29) is 17.9 Å². The number of hydrogen-bond acceptors (Lipinski definition) is 4. The van der Waals surface area contributed by atoms with Gasteiger partial charge < -0.3 is 0 Å². The number of aromatic nitrogens is 2. The van der Waals surface area contributed by atoms with Crippen molar-refractivity contribution < 1.29 is 4.79 Å². The van der Waals surface area contributed by atoms with Crippen LogP contribution in [0.15, 0.2) is 29.1 Å². The molecule has 2 rings (SSSR count). The van der Waals surface area contributed by atoms with Gasteiger partial charge in [0.25, 0.3) is 5.56 Å². The van der Waals surface area contributed by atoms with Crippen LogP contribution in [0, 0.1) is 31.1 Å². The molecule has 0 spiro atoms. The molecule has 0 radical (unpaired) electrons. The molecular weight excluding hydrogens is 302 g/mol. The van der Waals surface area contributed by atoms with Crippen molar-refractivity contribution >= 4 is 5.78 Å². The highest BCUT2D eigenvalue weighted by atomic mass is 16.1. The molecule has 24 heavy (non-hydrogen) atoms. The zero-order valence-corrected chi connectivity index (χ0v) is 14.5. The molecule has 0 atom stereocenters. The summed E-state index contributed by atoms with van der Waals surface area (Å²) in [4.78, 5) is 24.7. The number of carbonyl (C=O) groups excluding carboxylic acids is 1. The first-order valence-corrected chi connectivity index (χ1v) is 7.94. The van der Waals surface area contributed by atoms with Gasteiger partial charge in [-0.2, -0.15) is 10.4 Å². The second kappa shape index (κ2) is 7.22. The minimum absolute atomic E-state index is 0.0441. The lowest BCUT2D eigenvalue weighted by Gasteiger charge is -2.09. The van der Waals surface area contributed by atoms with Gasteiger partial charge in [0.1, 0.15) is 18.2 Å². The molecule has 0 fully saturated rings. The smallest absolute Gasteiger partial charge is 0.285 e. The van der Waals surface area contributed by atoms with E-state index in [0.717, 1.165) is 11.1 Å². The summed E-state index contributed by atoms with van der Waals surface area (Å²) >= 11 is 0. The number of Topliss-reactive ketones (excluding diaryl/α,β-unsaturated/α-hetero) is 1. The van der Waals surface area contributed by atoms with Crippen molar-refractivity contribution in [2.24, 2.45) is 5.92 Å². The van der Waals surface area contributed by atoms with Crippen LogP contribution in [-0.2, 0) is 13.0 Å². The van der Waals surface area contributed by atoms with Crippen LogP contribution in [0.4, 0.5) is 0 Å². The maximum absolute atomic E-state index is 12.4. The predicted molar refractivity (Wildman–Crippen MR) is 92.0 cm³/mol. The fourth-order valence-corrected chi connectivity index (χ4v) is 2.54. The Morgan fingerprint density at radius 2 is 1.88 bits per heavy atom. The Labute approximate surface area is 141 Å². The van der Waals surface area contributed by atoms with Gasteiger partial charge in [0.05, 0.1) is 5.69 Å². The highest BCUT2D eigenvalue weighted by Crippen LogP contribution is 2.11. The third-order valence-electron chi connectivity index (χ3n) is 3.96. The van der Waals surface area contributed by atoms with Gasteiger partial charge in [-0.05, 0) is 37.3 Å². The maximum atomic E-state index is 12.4. The second-order valence-corrected chi connectivity index (χ2v) is 6.38. The molecule has 124 valence electrons. The van der Waals surface area contributed by atoms with Crippen LogP contribution in [-0.4, -0.2) is 15.6 Å². The average molecular weight is 323 g/mol. The Morgan fingerprint density at radius 1 is 1.25 bits per heavy atom. The van der Waals surface area contributed by atoms with Crippen LogP contribution in [0.1, 0.15) is 46.6 Å². The minimum Gasteiger partial charge on any atom is -0.292 e. The normalized spacial score (nSPS) is 10.7. The van der Waals surface area contributed by atoms with Crippen molar-refractivity contribution in [3.8, 4) is 6.07 Å². The highest BCUT2D eigenvalue weighted by Gasteiger charge is 2.15. The van der Waals surface area contributed by atoms with Crippen LogP contribution < -0.4 is 5.56 Å². The van der Waals surface area contributed by atoms with Crippen LogP contribution in [0.3, 0.4) is 0 Å². The van der Waals surface area contributed by atoms with Crippen molar-refractivity contribution in [3.63, 3.8) is 0 Å². The summed E-state index contributed by atoms with van der Waals surface area (Å²) in [5.41, 5.74) is 2.37. The van der Waals surface area contributed by atoms with E-state index in [2.05, 4.69) is 18.9 Å². The molecule has 0 saturated carbocycles. The fraction of sp³-hybridized carbons (Fsp3) is 0.368. The Hall–Kier alpha value is -2.74. The molecule has 2 aromatic rings. The van der Waals surface area contributed by atoms with Crippen molar-refractivity contribution in [1.29, 1.82) is 5.26 Å². The zero-order valence-electron chi connectivity index (χ0n) is 14.5. The van der Waals surface area contributed by atoms with E-state index in [1.807, 2.05) is 18.2 Å². The molecule has 0 aliphatic carbocycles. The quantitative estimate of drug-likeness (QED) is 0.793. The molecular formula is C19H21N3O2. The van der Waals surface area contributed by atoms with Crippen LogP contribution >= 0.6 is 0 Å². The number of ketones is 1. The first-order chi connectivity index (χ1) is 11.3. The molecule has 5 nitrogen and oxygen atoms in total. The molecule has 1 heterocycles. The first kappa shape index (κ1) is 17.6. The van der Waals surface area contributed by atoms with Crippen LogP contribution in [0.5, 0.6) is 0 Å². The number of benzene rings is 1. The van der Waals surface area contributed by atoms with Gasteiger partial charge in [0.15, 0.2) is 5.78 Å². The molecule has 5 heteroatoms. The fourth-order valence-electron chi connectivity index (χ4n) is 2.54. The number of hydrogen-bond donors (Lipinski definition) is 0. The Balaban J connectivity index is 2.26. The molecule has 0 aliphatic heterocycles. The summed E-state index contributed by atoms with van der Waals surface area (Å²) in [6.07, 6.45) is 0.957. The van der Waals surface area contributed by atoms with Gasteiger partial charge in [-0.15, -0.1) is 0 Å². The molecule has 0 amide bonds. The zero-order chi connectivity index (χ0) is 17.9. The molecule has 1 aromatic heterocycles. The number of nitrogens with zero attached hydrogens (tertiary/aromatic N) is 3. The summed E-state index contributed by atoms with van der Waals surface area (Å²) in [6, 6.07) is 9.32. The van der Waals surface area contributed by atoms with E-state index in [4.69, 9.17) is 5.26 Å². The van der Waals surface area contributed by atoms with Crippen LogP contribution in [0.2, 0.25) is 0 Å². The van der Waals surface area contributed by atoms with E-state index in [9.17, 15) is 9.59 Å². The van der Waals surface area contributed by atoms with Gasteiger partial charge in [-0.3, -0.25) is 9.59 Å². The SMILES string of the molecule is Cc1nn(CC(=O)c2ccc(CC(C)C)cc2)c(=O)c(C#N)c1C. The molecule has 0 bridgehead atoms. The van der Waals surface area contributed by atoms with E-state index in [1.54, 1.807) is 26.0 Å². The summed E-state index contributed by atoms with van der Waals surface area (Å²) in [6.45, 7) is 7.52. The highest BCUT2D eigenvalue weighted by molar-refractivity contribution is 5.95. The summed E-state index contributed by atoms with van der Waals surface area (Å²) in [7, 11) is 0. The molecule has 0 unspecified atom stereocenters. The van der Waals surface area contributed by atoms with E-state index < -0.39 is 5.56 Å². The Kier molecular flexibility index (Phi) is 5.30. The summed E-state index contributed by atoms with van der Waals surface area (Å²) in [5.74, 6) is 0.349. The lowest BCUT2D eigenvalue weighted by molar-refractivity contribution is 0.0965. The van der Waals surface area contributed by atoms with Gasteiger partial charge in [0.2, 0.25) is 0 Å². The third-order valence-corrected chi connectivity index (χ3v) is 3.96. The summed E-state index contributed by atoms with van der Waals surface area (Å²) in [5, 5.41) is 13.3. The van der Waals surface area contributed by atoms with E-state index in [0.29, 0.717) is 22.7 Å². The van der Waals surface area contributed by atoms with Gasteiger partial charge in [0, 0.05) is 5.56 Å². The topological polar surface area (TPSA) is 75.8 Å². The third kappa shape index (κ3) is 3.77. The van der Waals surface area contributed by atoms with Gasteiger partial charge in [-0.1, -0.05) is 38.1 Å². The predicted octanol–water partition coefficient (Wildman–Crippen LogP) is 2.81. The minimum atomic E-state index is -0.523. The first-order valence-electron chi connectivity index (χ1n) is 7.94. The Morgan fingerprint density at radius 3 is 2.42 bits per heavy atom. The lowest BCUT2D eigenvalue weighted by Crippen LogP contribution is -2.30. The van der Waals surface area contributed by atoms with E-state index in [1.165, 1.54) is 5.56 Å². The molecule has 1 aromatic carbocycles. The number of carbonyl (C=O) groups is 1. The molecule has 0 saturated heterocycles. The second-order valence-electron chi connectivity index (χ2n) is 6.38. The van der Waals surface area contributed by atoms with E-state index >= 15 is 0 Å². The number of nitriles is 1. The summed E-state index contributed by atoms with van der Waals surface area (Å²) < 4.78 is 1.07. The number of rotatable bonds is 5.